The topological polar surface area (TPSA) is 83.7 Å². The van der Waals surface area contributed by atoms with Gasteiger partial charge in [-0.25, -0.2) is 5.43 Å². The second kappa shape index (κ2) is 10.4. The predicted molar refractivity (Wildman–Crippen MR) is 114 cm³/mol. The van der Waals surface area contributed by atoms with Gasteiger partial charge >= 0.3 is 0 Å². The summed E-state index contributed by atoms with van der Waals surface area (Å²) in [6.45, 7) is 2.00. The summed E-state index contributed by atoms with van der Waals surface area (Å²) < 4.78 is 11.1. The van der Waals surface area contributed by atoms with Gasteiger partial charge in [-0.2, -0.15) is 10.4 Å². The van der Waals surface area contributed by atoms with Crippen molar-refractivity contribution in [2.24, 2.45) is 5.10 Å². The molecule has 6 nitrogen and oxygen atoms in total. The Kier molecular flexibility index (Phi) is 7.17. The van der Waals surface area contributed by atoms with Gasteiger partial charge in [0.15, 0.2) is 18.1 Å². The summed E-state index contributed by atoms with van der Waals surface area (Å²) >= 11 is 0. The van der Waals surface area contributed by atoms with Gasteiger partial charge in [0.25, 0.3) is 5.91 Å². The Labute approximate surface area is 175 Å². The highest BCUT2D eigenvalue weighted by molar-refractivity contribution is 6.13. The van der Waals surface area contributed by atoms with Crippen molar-refractivity contribution in [3.63, 3.8) is 0 Å². The molecular formula is C24H21N3O3. The van der Waals surface area contributed by atoms with Crippen LogP contribution in [0.5, 0.6) is 11.5 Å². The number of ether oxygens (including phenoxy) is 2. The van der Waals surface area contributed by atoms with Crippen LogP contribution in [0.3, 0.4) is 0 Å². The highest BCUT2D eigenvalue weighted by Crippen LogP contribution is 2.28. The van der Waals surface area contributed by atoms with Crippen LogP contribution in [0.2, 0.25) is 0 Å². The summed E-state index contributed by atoms with van der Waals surface area (Å²) in [4.78, 5) is 12.3. The fraction of sp³-hybridized carbons (Fsp3) is 0.125. The first-order chi connectivity index (χ1) is 14.7. The summed E-state index contributed by atoms with van der Waals surface area (Å²) in [6.07, 6.45) is 0. The van der Waals surface area contributed by atoms with Crippen molar-refractivity contribution in [2.45, 2.75) is 6.92 Å². The van der Waals surface area contributed by atoms with E-state index in [1.54, 1.807) is 18.2 Å². The van der Waals surface area contributed by atoms with Crippen molar-refractivity contribution in [2.75, 3.05) is 13.2 Å². The van der Waals surface area contributed by atoms with Gasteiger partial charge in [0, 0.05) is 17.2 Å². The second-order valence-electron chi connectivity index (χ2n) is 6.22. The Bertz CT molecular complexity index is 1020. The van der Waals surface area contributed by atoms with Crippen molar-refractivity contribution < 1.29 is 14.3 Å². The molecule has 0 unspecified atom stereocenters. The summed E-state index contributed by atoms with van der Waals surface area (Å²) in [5, 5.41) is 13.3. The van der Waals surface area contributed by atoms with Gasteiger partial charge in [0.1, 0.15) is 0 Å². The molecule has 30 heavy (non-hydrogen) atoms. The maximum Gasteiger partial charge on any atom is 0.277 e. The molecule has 0 radical (unpaired) electrons. The molecule has 0 bridgehead atoms. The molecule has 3 rings (SSSR count). The van der Waals surface area contributed by atoms with Crippen LogP contribution < -0.4 is 14.9 Å². The minimum absolute atomic E-state index is 0.244. The fourth-order valence-corrected chi connectivity index (χ4v) is 2.75. The van der Waals surface area contributed by atoms with Gasteiger partial charge in [-0.15, -0.1) is 0 Å². The molecule has 1 N–H and O–H groups in total. The van der Waals surface area contributed by atoms with E-state index in [4.69, 9.17) is 14.7 Å². The number of hydrogen-bond donors (Lipinski definition) is 1. The number of nitriles is 1. The number of amides is 1. The number of rotatable bonds is 8. The number of hydrogen-bond acceptors (Lipinski definition) is 5. The van der Waals surface area contributed by atoms with E-state index in [-0.39, 0.29) is 6.61 Å². The average Bonchev–Trinajstić information content (AvgIpc) is 2.80. The third-order valence-corrected chi connectivity index (χ3v) is 4.12. The van der Waals surface area contributed by atoms with Crippen LogP contribution in [0, 0.1) is 11.3 Å². The molecule has 0 saturated carbocycles. The molecule has 0 aliphatic carbocycles. The zero-order chi connectivity index (χ0) is 21.2. The monoisotopic (exact) mass is 399 g/mol. The Morgan fingerprint density at radius 1 is 0.933 bits per heavy atom. The summed E-state index contributed by atoms with van der Waals surface area (Å²) in [6, 6.07) is 26.1. The van der Waals surface area contributed by atoms with Gasteiger partial charge < -0.3 is 9.47 Å². The van der Waals surface area contributed by atoms with Crippen molar-refractivity contribution in [1.29, 1.82) is 5.26 Å². The smallest absolute Gasteiger partial charge is 0.277 e. The van der Waals surface area contributed by atoms with Gasteiger partial charge in [-0.05, 0) is 19.1 Å². The lowest BCUT2D eigenvalue weighted by atomic mass is 10.0. The van der Waals surface area contributed by atoms with E-state index in [1.165, 1.54) is 0 Å². The third-order valence-electron chi connectivity index (χ3n) is 4.12. The molecule has 0 aliphatic rings. The second-order valence-corrected chi connectivity index (χ2v) is 6.22. The van der Waals surface area contributed by atoms with E-state index >= 15 is 0 Å². The Balaban J connectivity index is 1.72. The van der Waals surface area contributed by atoms with E-state index in [9.17, 15) is 4.79 Å². The summed E-state index contributed by atoms with van der Waals surface area (Å²) in [5.41, 5.74) is 5.43. The maximum absolute atomic E-state index is 12.3. The fourth-order valence-electron chi connectivity index (χ4n) is 2.75. The Morgan fingerprint density at radius 3 is 2.13 bits per heavy atom. The maximum atomic E-state index is 12.3. The summed E-state index contributed by atoms with van der Waals surface area (Å²) in [5.74, 6) is 0.398. The highest BCUT2D eigenvalue weighted by Gasteiger charge is 2.11. The van der Waals surface area contributed by atoms with E-state index in [2.05, 4.69) is 10.5 Å². The van der Waals surface area contributed by atoms with E-state index in [0.717, 1.165) is 11.1 Å². The molecular weight excluding hydrogens is 378 g/mol. The molecule has 0 aliphatic heterocycles. The number of benzene rings is 3. The number of carbonyl (C=O) groups excluding carboxylic acids is 1. The standard InChI is InChI=1S/C24H21N3O3/c1-2-29-22-15-18(16-25)13-14-21(22)30-17-23(28)26-27-24(19-9-5-3-6-10-19)20-11-7-4-8-12-20/h3-15H,2,17H2,1H3,(H,26,28). The zero-order valence-electron chi connectivity index (χ0n) is 16.5. The molecule has 150 valence electrons. The quantitative estimate of drug-likeness (QED) is 0.460. The van der Waals surface area contributed by atoms with Crippen LogP contribution in [0.4, 0.5) is 0 Å². The van der Waals surface area contributed by atoms with Crippen LogP contribution in [-0.4, -0.2) is 24.8 Å². The lowest BCUT2D eigenvalue weighted by molar-refractivity contribution is -0.123. The van der Waals surface area contributed by atoms with Crippen molar-refractivity contribution in [1.82, 2.24) is 5.43 Å². The number of nitrogens with zero attached hydrogens (tertiary/aromatic N) is 2. The number of carbonyl (C=O) groups is 1. The van der Waals surface area contributed by atoms with Gasteiger partial charge in [-0.3, -0.25) is 4.79 Å². The van der Waals surface area contributed by atoms with Crippen LogP contribution in [0.1, 0.15) is 23.6 Å². The molecule has 0 spiro atoms. The molecule has 3 aromatic rings. The predicted octanol–water partition coefficient (Wildman–Crippen LogP) is 3.90. The summed E-state index contributed by atoms with van der Waals surface area (Å²) in [7, 11) is 0. The van der Waals surface area contributed by atoms with Gasteiger partial charge in [0.2, 0.25) is 0 Å². The van der Waals surface area contributed by atoms with E-state index < -0.39 is 5.91 Å². The molecule has 0 saturated heterocycles. The first-order valence-electron chi connectivity index (χ1n) is 9.48. The molecule has 0 atom stereocenters. The SMILES string of the molecule is CCOc1cc(C#N)ccc1OCC(=O)NN=C(c1ccccc1)c1ccccc1. The Hall–Kier alpha value is -4.11. The minimum atomic E-state index is -0.411. The minimum Gasteiger partial charge on any atom is -0.490 e. The van der Waals surface area contributed by atoms with Crippen LogP contribution >= 0.6 is 0 Å². The van der Waals surface area contributed by atoms with Crippen molar-refractivity contribution >= 4 is 11.6 Å². The molecule has 0 aromatic heterocycles. The van der Waals surface area contributed by atoms with Crippen molar-refractivity contribution in [3.8, 4) is 17.6 Å². The first-order valence-corrected chi connectivity index (χ1v) is 9.48. The molecule has 1 amide bonds. The lowest BCUT2D eigenvalue weighted by Gasteiger charge is -2.12. The Morgan fingerprint density at radius 2 is 1.57 bits per heavy atom. The van der Waals surface area contributed by atoms with Crippen LogP contribution in [0.15, 0.2) is 84.0 Å². The largest absolute Gasteiger partial charge is 0.490 e. The van der Waals surface area contributed by atoms with Crippen LogP contribution in [-0.2, 0) is 4.79 Å². The highest BCUT2D eigenvalue weighted by atomic mass is 16.5. The zero-order valence-corrected chi connectivity index (χ0v) is 16.5. The molecule has 6 heteroatoms. The van der Waals surface area contributed by atoms with E-state index in [1.807, 2.05) is 73.7 Å². The molecule has 0 fully saturated rings. The van der Waals surface area contributed by atoms with Crippen LogP contribution in [0.25, 0.3) is 0 Å². The number of nitrogens with one attached hydrogen (secondary N) is 1. The van der Waals surface area contributed by atoms with E-state index in [0.29, 0.717) is 29.4 Å². The number of hydrazone groups is 1. The van der Waals surface area contributed by atoms with Crippen molar-refractivity contribution in [3.05, 3.63) is 95.6 Å². The average molecular weight is 399 g/mol. The molecule has 3 aromatic carbocycles. The lowest BCUT2D eigenvalue weighted by Crippen LogP contribution is -2.26. The molecule has 0 heterocycles. The third kappa shape index (κ3) is 5.46. The van der Waals surface area contributed by atoms with Gasteiger partial charge in [-0.1, -0.05) is 60.7 Å². The first kappa shape index (κ1) is 20.6. The van der Waals surface area contributed by atoms with Gasteiger partial charge in [0.05, 0.1) is 24.0 Å². The normalized spacial score (nSPS) is 9.87.